The number of amides is 1. The first kappa shape index (κ1) is 14.4. The lowest BCUT2D eigenvalue weighted by Crippen LogP contribution is -2.26. The van der Waals surface area contributed by atoms with E-state index in [4.69, 9.17) is 17.3 Å². The average Bonchev–Trinajstić information content (AvgIpc) is 2.42. The molecule has 1 atom stereocenters. The molecule has 3 N–H and O–H groups in total. The van der Waals surface area contributed by atoms with E-state index in [0.717, 1.165) is 11.1 Å². The quantitative estimate of drug-likeness (QED) is 0.846. The Hall–Kier alpha value is -2.00. The number of nitrogen functional groups attached to an aromatic ring is 1. The van der Waals surface area contributed by atoms with Gasteiger partial charge in [-0.25, -0.2) is 0 Å². The van der Waals surface area contributed by atoms with Gasteiger partial charge in [-0.05, 0) is 49.2 Å². The number of anilines is 1. The summed E-state index contributed by atoms with van der Waals surface area (Å²) in [5.74, 6) is -0.138. The highest BCUT2D eigenvalue weighted by molar-refractivity contribution is 6.31. The summed E-state index contributed by atoms with van der Waals surface area (Å²) >= 11 is 6.13. The number of hydrogen-bond donors (Lipinski definition) is 2. The molecule has 0 aromatic heterocycles. The first-order valence-electron chi connectivity index (χ1n) is 6.40. The minimum atomic E-state index is -0.158. The summed E-state index contributed by atoms with van der Waals surface area (Å²) in [5, 5.41) is 3.58. The van der Waals surface area contributed by atoms with E-state index < -0.39 is 0 Å². The van der Waals surface area contributed by atoms with Crippen molar-refractivity contribution in [3.8, 4) is 0 Å². The summed E-state index contributed by atoms with van der Waals surface area (Å²) < 4.78 is 0. The number of rotatable bonds is 3. The van der Waals surface area contributed by atoms with Crippen molar-refractivity contribution < 1.29 is 4.79 Å². The zero-order chi connectivity index (χ0) is 14.7. The van der Waals surface area contributed by atoms with Gasteiger partial charge in [0.05, 0.1) is 6.04 Å². The van der Waals surface area contributed by atoms with Crippen molar-refractivity contribution in [1.29, 1.82) is 0 Å². The number of carbonyl (C=O) groups excluding carboxylic acids is 1. The molecule has 0 fully saturated rings. The van der Waals surface area contributed by atoms with Crippen molar-refractivity contribution in [2.24, 2.45) is 0 Å². The molecule has 0 aliphatic carbocycles. The molecule has 0 bridgehead atoms. The zero-order valence-corrected chi connectivity index (χ0v) is 12.2. The number of nitrogens with two attached hydrogens (primary N) is 1. The fraction of sp³-hybridized carbons (Fsp3) is 0.188. The monoisotopic (exact) mass is 288 g/mol. The van der Waals surface area contributed by atoms with Crippen molar-refractivity contribution in [3.05, 3.63) is 64.2 Å². The van der Waals surface area contributed by atoms with E-state index in [1.54, 1.807) is 18.2 Å². The SMILES string of the molecule is Cc1cc(C(=O)N[C@@H](C)c2ccccc2Cl)ccc1N. The third kappa shape index (κ3) is 3.11. The predicted molar refractivity (Wildman–Crippen MR) is 82.9 cm³/mol. The molecule has 20 heavy (non-hydrogen) atoms. The van der Waals surface area contributed by atoms with Gasteiger partial charge in [-0.2, -0.15) is 0 Å². The summed E-state index contributed by atoms with van der Waals surface area (Å²) in [6, 6.07) is 12.6. The molecular weight excluding hydrogens is 272 g/mol. The highest BCUT2D eigenvalue weighted by Crippen LogP contribution is 2.22. The Balaban J connectivity index is 2.15. The maximum Gasteiger partial charge on any atom is 0.251 e. The van der Waals surface area contributed by atoms with Crippen LogP contribution in [0.25, 0.3) is 0 Å². The van der Waals surface area contributed by atoms with Crippen LogP contribution in [-0.4, -0.2) is 5.91 Å². The second-order valence-electron chi connectivity index (χ2n) is 4.79. The van der Waals surface area contributed by atoms with Gasteiger partial charge in [-0.15, -0.1) is 0 Å². The first-order valence-corrected chi connectivity index (χ1v) is 6.78. The lowest BCUT2D eigenvalue weighted by molar-refractivity contribution is 0.0940. The smallest absolute Gasteiger partial charge is 0.251 e. The van der Waals surface area contributed by atoms with Gasteiger partial charge >= 0.3 is 0 Å². The highest BCUT2D eigenvalue weighted by atomic mass is 35.5. The number of benzene rings is 2. The van der Waals surface area contributed by atoms with E-state index in [1.807, 2.05) is 38.1 Å². The molecule has 0 spiro atoms. The molecule has 4 heteroatoms. The number of hydrogen-bond acceptors (Lipinski definition) is 2. The van der Waals surface area contributed by atoms with Gasteiger partial charge < -0.3 is 11.1 Å². The van der Waals surface area contributed by atoms with Crippen molar-refractivity contribution in [2.45, 2.75) is 19.9 Å². The zero-order valence-electron chi connectivity index (χ0n) is 11.5. The standard InChI is InChI=1S/C16H17ClN2O/c1-10-9-12(7-8-15(10)18)16(20)19-11(2)13-5-3-4-6-14(13)17/h3-9,11H,18H2,1-2H3,(H,19,20)/t11-/m0/s1. The van der Waals surface area contributed by atoms with E-state index in [2.05, 4.69) is 5.32 Å². The normalized spacial score (nSPS) is 11.9. The molecule has 3 nitrogen and oxygen atoms in total. The minimum absolute atomic E-state index is 0.138. The number of aryl methyl sites for hydroxylation is 1. The summed E-state index contributed by atoms with van der Waals surface area (Å²) in [7, 11) is 0. The van der Waals surface area contributed by atoms with Crippen LogP contribution in [0.2, 0.25) is 5.02 Å². The van der Waals surface area contributed by atoms with Crippen LogP contribution in [-0.2, 0) is 0 Å². The third-order valence-corrected chi connectivity index (χ3v) is 3.60. The number of halogens is 1. The molecule has 0 saturated heterocycles. The molecule has 2 aromatic rings. The first-order chi connectivity index (χ1) is 9.49. The Labute approximate surface area is 123 Å². The van der Waals surface area contributed by atoms with Crippen LogP contribution in [0.4, 0.5) is 5.69 Å². The van der Waals surface area contributed by atoms with Gasteiger partial charge in [0.25, 0.3) is 5.91 Å². The molecule has 0 aliphatic heterocycles. The predicted octanol–water partition coefficient (Wildman–Crippen LogP) is 3.72. The van der Waals surface area contributed by atoms with Crippen LogP contribution in [0.1, 0.15) is 34.5 Å². The van der Waals surface area contributed by atoms with Crippen molar-refractivity contribution in [1.82, 2.24) is 5.32 Å². The van der Waals surface area contributed by atoms with E-state index in [0.29, 0.717) is 16.3 Å². The second kappa shape index (κ2) is 5.97. The Kier molecular flexibility index (Phi) is 4.30. The van der Waals surface area contributed by atoms with Gasteiger partial charge in [-0.1, -0.05) is 29.8 Å². The topological polar surface area (TPSA) is 55.1 Å². The van der Waals surface area contributed by atoms with Crippen molar-refractivity contribution >= 4 is 23.2 Å². The lowest BCUT2D eigenvalue weighted by atomic mass is 10.1. The van der Waals surface area contributed by atoms with Crippen LogP contribution >= 0.6 is 11.6 Å². The minimum Gasteiger partial charge on any atom is -0.399 e. The van der Waals surface area contributed by atoms with Crippen molar-refractivity contribution in [2.75, 3.05) is 5.73 Å². The van der Waals surface area contributed by atoms with E-state index in [1.165, 1.54) is 0 Å². The summed E-state index contributed by atoms with van der Waals surface area (Å²) in [4.78, 5) is 12.2. The van der Waals surface area contributed by atoms with Crippen LogP contribution < -0.4 is 11.1 Å². The number of nitrogens with one attached hydrogen (secondary N) is 1. The van der Waals surface area contributed by atoms with Gasteiger partial charge in [-0.3, -0.25) is 4.79 Å². The van der Waals surface area contributed by atoms with Crippen LogP contribution in [0.5, 0.6) is 0 Å². The van der Waals surface area contributed by atoms with Gasteiger partial charge in [0, 0.05) is 16.3 Å². The van der Waals surface area contributed by atoms with Gasteiger partial charge in [0.1, 0.15) is 0 Å². The second-order valence-corrected chi connectivity index (χ2v) is 5.20. The average molecular weight is 289 g/mol. The van der Waals surface area contributed by atoms with Crippen molar-refractivity contribution in [3.63, 3.8) is 0 Å². The summed E-state index contributed by atoms with van der Waals surface area (Å²) in [6.07, 6.45) is 0. The van der Waals surface area contributed by atoms with E-state index in [9.17, 15) is 4.79 Å². The Morgan fingerprint density at radius 2 is 1.95 bits per heavy atom. The molecule has 0 heterocycles. The molecule has 2 rings (SSSR count). The molecule has 0 unspecified atom stereocenters. The Morgan fingerprint density at radius 1 is 1.25 bits per heavy atom. The summed E-state index contributed by atoms with van der Waals surface area (Å²) in [5.41, 5.74) is 8.82. The maximum absolute atomic E-state index is 12.2. The largest absolute Gasteiger partial charge is 0.399 e. The Bertz CT molecular complexity index is 640. The molecule has 0 radical (unpaired) electrons. The van der Waals surface area contributed by atoms with Crippen LogP contribution in [0.15, 0.2) is 42.5 Å². The highest BCUT2D eigenvalue weighted by Gasteiger charge is 2.14. The van der Waals surface area contributed by atoms with Crippen LogP contribution in [0.3, 0.4) is 0 Å². The molecule has 0 saturated carbocycles. The summed E-state index contributed by atoms with van der Waals surface area (Å²) in [6.45, 7) is 3.78. The molecule has 2 aromatic carbocycles. The molecule has 104 valence electrons. The van der Waals surface area contributed by atoms with E-state index in [-0.39, 0.29) is 11.9 Å². The van der Waals surface area contributed by atoms with Gasteiger partial charge in [0.15, 0.2) is 0 Å². The maximum atomic E-state index is 12.2. The lowest BCUT2D eigenvalue weighted by Gasteiger charge is -2.16. The third-order valence-electron chi connectivity index (χ3n) is 3.25. The Morgan fingerprint density at radius 3 is 2.60 bits per heavy atom. The fourth-order valence-corrected chi connectivity index (χ4v) is 2.30. The fourth-order valence-electron chi connectivity index (χ4n) is 2.00. The molecular formula is C16H17ClN2O. The van der Waals surface area contributed by atoms with Crippen LogP contribution in [0, 0.1) is 6.92 Å². The molecule has 0 aliphatic rings. The van der Waals surface area contributed by atoms with Gasteiger partial charge in [0.2, 0.25) is 0 Å². The molecule has 1 amide bonds. The number of carbonyl (C=O) groups is 1. The van der Waals surface area contributed by atoms with E-state index >= 15 is 0 Å².